The van der Waals surface area contributed by atoms with Crippen molar-refractivity contribution in [2.75, 3.05) is 6.73 Å². The van der Waals surface area contributed by atoms with E-state index in [0.29, 0.717) is 6.42 Å². The molecule has 1 heterocycles. The Morgan fingerprint density at radius 3 is 2.10 bits per heavy atom. The summed E-state index contributed by atoms with van der Waals surface area (Å²) in [5.41, 5.74) is 0.623. The predicted molar refractivity (Wildman–Crippen MR) is 104 cm³/mol. The summed E-state index contributed by atoms with van der Waals surface area (Å²) in [6.45, 7) is 3.09. The molecule has 0 saturated heterocycles. The summed E-state index contributed by atoms with van der Waals surface area (Å²) in [4.78, 5) is 37.6. The van der Waals surface area contributed by atoms with Gasteiger partial charge >= 0.3 is 5.97 Å². The smallest absolute Gasteiger partial charge is 0.339 e. The fourth-order valence-corrected chi connectivity index (χ4v) is 4.08. The van der Waals surface area contributed by atoms with E-state index in [0.717, 1.165) is 4.90 Å². The minimum Gasteiger partial charge on any atom is -0.440 e. The lowest BCUT2D eigenvalue weighted by molar-refractivity contribution is 0.0228. The van der Waals surface area contributed by atoms with Crippen molar-refractivity contribution in [3.8, 4) is 0 Å². The largest absolute Gasteiger partial charge is 0.440 e. The Bertz CT molecular complexity index is 1030. The van der Waals surface area contributed by atoms with Crippen LogP contribution in [0.5, 0.6) is 0 Å². The van der Waals surface area contributed by atoms with Gasteiger partial charge in [0.25, 0.3) is 11.8 Å². The lowest BCUT2D eigenvalue weighted by Crippen LogP contribution is -2.33. The van der Waals surface area contributed by atoms with Crippen molar-refractivity contribution >= 4 is 27.8 Å². The molecule has 0 aromatic heterocycles. The second-order valence-electron chi connectivity index (χ2n) is 6.60. The molecule has 2 amide bonds. The van der Waals surface area contributed by atoms with E-state index in [1.165, 1.54) is 36.4 Å². The zero-order chi connectivity index (χ0) is 21.2. The molecule has 2 aromatic carbocycles. The van der Waals surface area contributed by atoms with Gasteiger partial charge in [-0.25, -0.2) is 22.8 Å². The highest BCUT2D eigenvalue weighted by molar-refractivity contribution is 7.89. The predicted octanol–water partition coefficient (Wildman–Crippen LogP) is 2.17. The number of hydrogen-bond acceptors (Lipinski definition) is 6. The molecule has 0 aliphatic carbocycles. The van der Waals surface area contributed by atoms with Gasteiger partial charge in [-0.3, -0.25) is 9.59 Å². The third kappa shape index (κ3) is 4.20. The fraction of sp³-hybridized carbons (Fsp3) is 0.250. The number of esters is 1. The highest BCUT2D eigenvalue weighted by Crippen LogP contribution is 2.22. The van der Waals surface area contributed by atoms with Gasteiger partial charge in [0, 0.05) is 6.04 Å². The fourth-order valence-electron chi connectivity index (χ4n) is 2.75. The van der Waals surface area contributed by atoms with Crippen molar-refractivity contribution in [2.24, 2.45) is 0 Å². The van der Waals surface area contributed by atoms with Crippen LogP contribution in [0.2, 0.25) is 0 Å². The number of sulfonamides is 1. The summed E-state index contributed by atoms with van der Waals surface area (Å²) in [7, 11) is -3.68. The molecule has 1 aliphatic heterocycles. The van der Waals surface area contributed by atoms with Crippen LogP contribution < -0.4 is 4.72 Å². The molecule has 8 nitrogen and oxygen atoms in total. The molecule has 1 N–H and O–H groups in total. The van der Waals surface area contributed by atoms with Crippen LogP contribution in [0.4, 0.5) is 0 Å². The van der Waals surface area contributed by atoms with E-state index in [1.807, 2.05) is 6.92 Å². The average molecular weight is 416 g/mol. The number of nitrogens with zero attached hydrogens (tertiary/aromatic N) is 1. The third-order valence-corrected chi connectivity index (χ3v) is 6.18. The Balaban J connectivity index is 1.65. The zero-order valence-electron chi connectivity index (χ0n) is 15.9. The van der Waals surface area contributed by atoms with Crippen molar-refractivity contribution in [1.29, 1.82) is 0 Å². The Hall–Kier alpha value is -3.04. The van der Waals surface area contributed by atoms with Crippen molar-refractivity contribution in [3.63, 3.8) is 0 Å². The van der Waals surface area contributed by atoms with Gasteiger partial charge in [0.2, 0.25) is 10.0 Å². The molecule has 0 spiro atoms. The van der Waals surface area contributed by atoms with Gasteiger partial charge in [0.05, 0.1) is 21.6 Å². The van der Waals surface area contributed by atoms with Crippen LogP contribution in [-0.2, 0) is 14.8 Å². The summed E-state index contributed by atoms with van der Waals surface area (Å²) in [5, 5.41) is 0. The molecule has 2 aromatic rings. The summed E-state index contributed by atoms with van der Waals surface area (Å²) < 4.78 is 32.1. The van der Waals surface area contributed by atoms with Crippen LogP contribution in [0.3, 0.4) is 0 Å². The first-order valence-corrected chi connectivity index (χ1v) is 10.5. The molecule has 0 saturated carbocycles. The van der Waals surface area contributed by atoms with Gasteiger partial charge in [-0.05, 0) is 49.7 Å². The maximum Gasteiger partial charge on any atom is 0.339 e. The molecule has 29 heavy (non-hydrogen) atoms. The highest BCUT2D eigenvalue weighted by Gasteiger charge is 2.35. The topological polar surface area (TPSA) is 110 Å². The summed E-state index contributed by atoms with van der Waals surface area (Å²) in [6, 6.07) is 11.4. The molecule has 1 aliphatic rings. The molecule has 152 valence electrons. The van der Waals surface area contributed by atoms with Gasteiger partial charge in [0.1, 0.15) is 0 Å². The molecule has 0 fully saturated rings. The van der Waals surface area contributed by atoms with Crippen molar-refractivity contribution in [2.45, 2.75) is 31.2 Å². The van der Waals surface area contributed by atoms with Crippen LogP contribution >= 0.6 is 0 Å². The number of carbonyl (C=O) groups excluding carboxylic acids is 3. The average Bonchev–Trinajstić information content (AvgIpc) is 2.96. The first-order valence-electron chi connectivity index (χ1n) is 8.99. The Kier molecular flexibility index (Phi) is 5.81. The van der Waals surface area contributed by atoms with Gasteiger partial charge in [0.15, 0.2) is 6.73 Å². The second kappa shape index (κ2) is 8.14. The van der Waals surface area contributed by atoms with Crippen LogP contribution in [0, 0.1) is 0 Å². The maximum absolute atomic E-state index is 12.3. The standard InChI is InChI=1S/C20H20N2O6S/c1-3-13(2)21-29(26,27)15-10-8-14(9-11-15)20(25)28-12-22-18(23)16-6-4-5-7-17(16)19(22)24/h4-11,13,21H,3,12H2,1-2H3. The molecule has 1 unspecified atom stereocenters. The molecule has 9 heteroatoms. The number of carbonyl (C=O) groups is 3. The van der Waals surface area contributed by atoms with Crippen molar-refractivity contribution in [1.82, 2.24) is 9.62 Å². The Labute approximate surface area is 168 Å². The Morgan fingerprint density at radius 1 is 1.03 bits per heavy atom. The van der Waals surface area contributed by atoms with Crippen molar-refractivity contribution in [3.05, 3.63) is 65.2 Å². The van der Waals surface area contributed by atoms with E-state index in [4.69, 9.17) is 4.74 Å². The lowest BCUT2D eigenvalue weighted by Gasteiger charge is -2.14. The lowest BCUT2D eigenvalue weighted by atomic mass is 10.1. The molecule has 0 radical (unpaired) electrons. The molecule has 0 bridgehead atoms. The minimum atomic E-state index is -3.68. The van der Waals surface area contributed by atoms with E-state index in [9.17, 15) is 22.8 Å². The van der Waals surface area contributed by atoms with Crippen LogP contribution in [0.1, 0.15) is 51.3 Å². The first kappa shape index (κ1) is 20.7. The van der Waals surface area contributed by atoms with Gasteiger partial charge in [-0.15, -0.1) is 0 Å². The SMILES string of the molecule is CCC(C)NS(=O)(=O)c1ccc(C(=O)OCN2C(=O)c3ccccc3C2=O)cc1. The van der Waals surface area contributed by atoms with E-state index in [-0.39, 0.29) is 27.6 Å². The number of ether oxygens (including phenoxy) is 1. The number of fused-ring (bicyclic) bond motifs is 1. The normalized spacial score (nSPS) is 14.6. The number of amides is 2. The number of benzene rings is 2. The number of imide groups is 1. The van der Waals surface area contributed by atoms with Gasteiger partial charge in [-0.2, -0.15) is 0 Å². The zero-order valence-corrected chi connectivity index (χ0v) is 16.7. The Morgan fingerprint density at radius 2 is 1.59 bits per heavy atom. The summed E-state index contributed by atoms with van der Waals surface area (Å²) in [6.07, 6.45) is 0.640. The first-order chi connectivity index (χ1) is 13.7. The second-order valence-corrected chi connectivity index (χ2v) is 8.31. The maximum atomic E-state index is 12.3. The van der Waals surface area contributed by atoms with E-state index < -0.39 is 34.5 Å². The molecule has 3 rings (SSSR count). The van der Waals surface area contributed by atoms with Crippen LogP contribution in [0.15, 0.2) is 53.4 Å². The quantitative estimate of drug-likeness (QED) is 0.547. The number of nitrogens with one attached hydrogen (secondary N) is 1. The van der Waals surface area contributed by atoms with E-state index in [2.05, 4.69) is 4.72 Å². The van der Waals surface area contributed by atoms with E-state index in [1.54, 1.807) is 19.1 Å². The molecular weight excluding hydrogens is 396 g/mol. The molecular formula is C20H20N2O6S. The summed E-state index contributed by atoms with van der Waals surface area (Å²) in [5.74, 6) is -1.84. The van der Waals surface area contributed by atoms with Crippen molar-refractivity contribution < 1.29 is 27.5 Å². The third-order valence-electron chi connectivity index (χ3n) is 4.57. The summed E-state index contributed by atoms with van der Waals surface area (Å²) >= 11 is 0. The monoisotopic (exact) mass is 416 g/mol. The number of rotatable bonds is 7. The van der Waals surface area contributed by atoms with Gasteiger partial charge in [-0.1, -0.05) is 19.1 Å². The molecule has 1 atom stereocenters. The van der Waals surface area contributed by atoms with Crippen LogP contribution in [-0.4, -0.2) is 43.9 Å². The van der Waals surface area contributed by atoms with E-state index >= 15 is 0 Å². The number of hydrogen-bond donors (Lipinski definition) is 1. The van der Waals surface area contributed by atoms with Gasteiger partial charge < -0.3 is 4.74 Å². The highest BCUT2D eigenvalue weighted by atomic mass is 32.2. The minimum absolute atomic E-state index is 0.0229. The van der Waals surface area contributed by atoms with Crippen LogP contribution in [0.25, 0.3) is 0 Å².